The van der Waals surface area contributed by atoms with Crippen LogP contribution in [-0.4, -0.2) is 18.2 Å². The molecule has 3 rings (SSSR count). The van der Waals surface area contributed by atoms with E-state index < -0.39 is 11.8 Å². The Labute approximate surface area is 126 Å². The summed E-state index contributed by atoms with van der Waals surface area (Å²) in [5.41, 5.74) is 1.24. The van der Waals surface area contributed by atoms with Crippen molar-refractivity contribution in [3.8, 4) is 16.9 Å². The molecule has 0 fully saturated rings. The summed E-state index contributed by atoms with van der Waals surface area (Å²) in [5, 5.41) is 10.7. The molecule has 3 aromatic carbocycles. The topological polar surface area (TPSA) is 46.5 Å². The van der Waals surface area contributed by atoms with Crippen molar-refractivity contribution in [1.29, 1.82) is 0 Å². The Bertz CT molecular complexity index is 871. The van der Waals surface area contributed by atoms with E-state index in [1.165, 1.54) is 13.2 Å². The normalized spacial score (nSPS) is 10.6. The van der Waals surface area contributed by atoms with E-state index in [4.69, 9.17) is 9.84 Å². The Morgan fingerprint density at radius 2 is 1.86 bits per heavy atom. The molecule has 0 amide bonds. The third-order valence-electron chi connectivity index (χ3n) is 3.60. The van der Waals surface area contributed by atoms with E-state index in [-0.39, 0.29) is 5.56 Å². The Morgan fingerprint density at radius 3 is 2.55 bits per heavy atom. The van der Waals surface area contributed by atoms with Gasteiger partial charge in [0.2, 0.25) is 0 Å². The number of halogens is 1. The molecule has 110 valence electrons. The number of ether oxygens (including phenoxy) is 1. The fourth-order valence-corrected chi connectivity index (χ4v) is 2.48. The molecule has 0 saturated carbocycles. The summed E-state index contributed by atoms with van der Waals surface area (Å²) in [5.74, 6) is -0.979. The summed E-state index contributed by atoms with van der Waals surface area (Å²) in [6.45, 7) is 0. The van der Waals surface area contributed by atoms with Gasteiger partial charge in [0.1, 0.15) is 11.6 Å². The average Bonchev–Trinajstić information content (AvgIpc) is 2.53. The number of rotatable bonds is 3. The number of benzene rings is 3. The van der Waals surface area contributed by atoms with Crippen LogP contribution in [0.4, 0.5) is 4.39 Å². The molecule has 0 aliphatic heterocycles. The summed E-state index contributed by atoms with van der Waals surface area (Å²) < 4.78 is 19.3. The number of fused-ring (bicyclic) bond motifs is 1. The van der Waals surface area contributed by atoms with Crippen LogP contribution in [0.1, 0.15) is 10.4 Å². The van der Waals surface area contributed by atoms with Gasteiger partial charge in [-0.3, -0.25) is 0 Å². The first-order chi connectivity index (χ1) is 10.6. The second-order valence-corrected chi connectivity index (χ2v) is 4.89. The minimum absolute atomic E-state index is 0.175. The zero-order valence-corrected chi connectivity index (χ0v) is 11.8. The summed E-state index contributed by atoms with van der Waals surface area (Å²) in [6, 6.07) is 14.9. The molecule has 0 radical (unpaired) electrons. The highest BCUT2D eigenvalue weighted by atomic mass is 19.1. The summed E-state index contributed by atoms with van der Waals surface area (Å²) in [6.07, 6.45) is 0. The van der Waals surface area contributed by atoms with Gasteiger partial charge in [0.05, 0.1) is 12.7 Å². The third kappa shape index (κ3) is 2.39. The van der Waals surface area contributed by atoms with Crippen LogP contribution in [-0.2, 0) is 0 Å². The quantitative estimate of drug-likeness (QED) is 0.781. The lowest BCUT2D eigenvalue weighted by Gasteiger charge is -2.10. The van der Waals surface area contributed by atoms with Crippen LogP contribution in [0.3, 0.4) is 0 Å². The minimum atomic E-state index is -1.01. The monoisotopic (exact) mass is 296 g/mol. The van der Waals surface area contributed by atoms with Gasteiger partial charge in [0.15, 0.2) is 0 Å². The number of carboxylic acids is 1. The van der Waals surface area contributed by atoms with Gasteiger partial charge in [0, 0.05) is 11.6 Å². The predicted octanol–water partition coefficient (Wildman–Crippen LogP) is 4.35. The van der Waals surface area contributed by atoms with Crippen LogP contribution < -0.4 is 4.74 Å². The van der Waals surface area contributed by atoms with Gasteiger partial charge in [-0.05, 0) is 40.6 Å². The molecule has 0 aliphatic rings. The lowest BCUT2D eigenvalue weighted by molar-refractivity contribution is 0.0697. The van der Waals surface area contributed by atoms with E-state index in [1.807, 2.05) is 12.1 Å². The van der Waals surface area contributed by atoms with Crippen LogP contribution in [0.5, 0.6) is 5.75 Å². The smallest absolute Gasteiger partial charge is 0.335 e. The number of carbonyl (C=O) groups is 1. The van der Waals surface area contributed by atoms with Crippen LogP contribution >= 0.6 is 0 Å². The molecule has 22 heavy (non-hydrogen) atoms. The predicted molar refractivity (Wildman–Crippen MR) is 82.9 cm³/mol. The molecule has 0 bridgehead atoms. The van der Waals surface area contributed by atoms with Crippen molar-refractivity contribution in [1.82, 2.24) is 0 Å². The summed E-state index contributed by atoms with van der Waals surface area (Å²) in [7, 11) is 1.48. The summed E-state index contributed by atoms with van der Waals surface area (Å²) in [4.78, 5) is 11.2. The standard InChI is InChI=1S/C18H13FO3/c1-22-13-7-8-15(17(19)10-13)14-4-2-3-11-5-6-12(18(20)21)9-16(11)14/h2-10H,1H3,(H,20,21). The van der Waals surface area contributed by atoms with Crippen molar-refractivity contribution in [2.45, 2.75) is 0 Å². The number of hydrogen-bond acceptors (Lipinski definition) is 2. The Morgan fingerprint density at radius 1 is 1.05 bits per heavy atom. The fourth-order valence-electron chi connectivity index (χ4n) is 2.48. The van der Waals surface area contributed by atoms with Crippen LogP contribution in [0.15, 0.2) is 54.6 Å². The van der Waals surface area contributed by atoms with E-state index in [0.29, 0.717) is 22.3 Å². The van der Waals surface area contributed by atoms with Crippen LogP contribution in [0.2, 0.25) is 0 Å². The lowest BCUT2D eigenvalue weighted by Crippen LogP contribution is -1.96. The number of carboxylic acid groups (broad SMARTS) is 1. The summed E-state index contributed by atoms with van der Waals surface area (Å²) >= 11 is 0. The van der Waals surface area contributed by atoms with E-state index in [2.05, 4.69) is 0 Å². The van der Waals surface area contributed by atoms with Crippen molar-refractivity contribution >= 4 is 16.7 Å². The van der Waals surface area contributed by atoms with Gasteiger partial charge in [-0.2, -0.15) is 0 Å². The SMILES string of the molecule is COc1ccc(-c2cccc3ccc(C(=O)O)cc23)c(F)c1. The highest BCUT2D eigenvalue weighted by Gasteiger charge is 2.12. The molecule has 0 spiro atoms. The maximum atomic E-state index is 14.3. The van der Waals surface area contributed by atoms with Gasteiger partial charge < -0.3 is 9.84 Å². The lowest BCUT2D eigenvalue weighted by atomic mass is 9.96. The molecule has 0 heterocycles. The van der Waals surface area contributed by atoms with Gasteiger partial charge in [0.25, 0.3) is 0 Å². The number of methoxy groups -OCH3 is 1. The average molecular weight is 296 g/mol. The van der Waals surface area contributed by atoms with Gasteiger partial charge in [-0.25, -0.2) is 9.18 Å². The van der Waals surface area contributed by atoms with E-state index in [0.717, 1.165) is 5.39 Å². The molecule has 0 aromatic heterocycles. The van der Waals surface area contributed by atoms with E-state index in [9.17, 15) is 9.18 Å². The molecule has 0 atom stereocenters. The molecule has 3 nitrogen and oxygen atoms in total. The maximum Gasteiger partial charge on any atom is 0.335 e. The zero-order chi connectivity index (χ0) is 15.7. The van der Waals surface area contributed by atoms with Crippen molar-refractivity contribution in [2.75, 3.05) is 7.11 Å². The molecular weight excluding hydrogens is 283 g/mol. The third-order valence-corrected chi connectivity index (χ3v) is 3.60. The number of hydrogen-bond donors (Lipinski definition) is 1. The Kier molecular flexibility index (Phi) is 3.51. The zero-order valence-electron chi connectivity index (χ0n) is 11.8. The van der Waals surface area contributed by atoms with Crippen molar-refractivity contribution in [3.05, 3.63) is 66.0 Å². The van der Waals surface area contributed by atoms with E-state index >= 15 is 0 Å². The second-order valence-electron chi connectivity index (χ2n) is 4.89. The Balaban J connectivity index is 2.26. The molecule has 0 saturated heterocycles. The maximum absolute atomic E-state index is 14.3. The molecule has 1 N–H and O–H groups in total. The van der Waals surface area contributed by atoms with E-state index in [1.54, 1.807) is 36.4 Å². The molecular formula is C18H13FO3. The van der Waals surface area contributed by atoms with Crippen LogP contribution in [0.25, 0.3) is 21.9 Å². The molecule has 4 heteroatoms. The fraction of sp³-hybridized carbons (Fsp3) is 0.0556. The number of aromatic carboxylic acids is 1. The van der Waals surface area contributed by atoms with Crippen molar-refractivity contribution in [2.24, 2.45) is 0 Å². The first kappa shape index (κ1) is 14.1. The van der Waals surface area contributed by atoms with Crippen LogP contribution in [0, 0.1) is 5.82 Å². The van der Waals surface area contributed by atoms with Gasteiger partial charge in [-0.1, -0.05) is 24.3 Å². The minimum Gasteiger partial charge on any atom is -0.497 e. The second kappa shape index (κ2) is 5.48. The Hall–Kier alpha value is -2.88. The largest absolute Gasteiger partial charge is 0.497 e. The van der Waals surface area contributed by atoms with Gasteiger partial charge >= 0.3 is 5.97 Å². The highest BCUT2D eigenvalue weighted by Crippen LogP contribution is 2.32. The first-order valence-electron chi connectivity index (χ1n) is 6.70. The van der Waals surface area contributed by atoms with Gasteiger partial charge in [-0.15, -0.1) is 0 Å². The highest BCUT2D eigenvalue weighted by molar-refractivity contribution is 6.01. The molecule has 0 unspecified atom stereocenters. The molecule has 3 aromatic rings. The molecule has 0 aliphatic carbocycles. The van der Waals surface area contributed by atoms with Crippen molar-refractivity contribution in [3.63, 3.8) is 0 Å². The first-order valence-corrected chi connectivity index (χ1v) is 6.70. The van der Waals surface area contributed by atoms with Crippen molar-refractivity contribution < 1.29 is 19.0 Å².